The largest absolute Gasteiger partial charge is 0.478 e. The van der Waals surface area contributed by atoms with Gasteiger partial charge in [0.15, 0.2) is 11.6 Å². The van der Waals surface area contributed by atoms with Crippen LogP contribution in [0.3, 0.4) is 0 Å². The fraction of sp³-hybridized carbons (Fsp3) is 0.0714. The summed E-state index contributed by atoms with van der Waals surface area (Å²) < 4.78 is 26.0. The van der Waals surface area contributed by atoms with E-state index in [0.29, 0.717) is 16.7 Å². The Morgan fingerprint density at radius 3 is 2.33 bits per heavy atom. The average Bonchev–Trinajstić information content (AvgIpc) is 2.32. The zero-order valence-electron chi connectivity index (χ0n) is 9.58. The predicted molar refractivity (Wildman–Crippen MR) is 63.5 cm³/mol. The second-order valence-corrected chi connectivity index (χ2v) is 3.96. The van der Waals surface area contributed by atoms with Gasteiger partial charge in [-0.05, 0) is 47.9 Å². The van der Waals surface area contributed by atoms with Crippen LogP contribution in [0.1, 0.15) is 15.9 Å². The summed E-state index contributed by atoms with van der Waals surface area (Å²) in [4.78, 5) is 10.8. The molecule has 4 heteroatoms. The van der Waals surface area contributed by atoms with E-state index in [2.05, 4.69) is 0 Å². The summed E-state index contributed by atoms with van der Waals surface area (Å²) in [7, 11) is 0. The van der Waals surface area contributed by atoms with Crippen LogP contribution in [-0.2, 0) is 0 Å². The summed E-state index contributed by atoms with van der Waals surface area (Å²) >= 11 is 0. The van der Waals surface area contributed by atoms with Gasteiger partial charge in [0.2, 0.25) is 0 Å². The van der Waals surface area contributed by atoms with Crippen LogP contribution in [0.25, 0.3) is 11.1 Å². The third-order valence-corrected chi connectivity index (χ3v) is 2.70. The van der Waals surface area contributed by atoms with Crippen LogP contribution in [0.2, 0.25) is 0 Å². The van der Waals surface area contributed by atoms with Gasteiger partial charge in [-0.3, -0.25) is 0 Å². The first kappa shape index (κ1) is 12.2. The van der Waals surface area contributed by atoms with E-state index in [4.69, 9.17) is 5.11 Å². The highest BCUT2D eigenvalue weighted by Gasteiger charge is 2.09. The van der Waals surface area contributed by atoms with Gasteiger partial charge in [-0.1, -0.05) is 12.1 Å². The van der Waals surface area contributed by atoms with Crippen molar-refractivity contribution in [3.63, 3.8) is 0 Å². The number of aromatic carboxylic acids is 1. The van der Waals surface area contributed by atoms with E-state index in [1.165, 1.54) is 18.2 Å². The molecule has 0 saturated carbocycles. The summed E-state index contributed by atoms with van der Waals surface area (Å²) in [5.74, 6) is -2.84. The Morgan fingerprint density at radius 2 is 1.78 bits per heavy atom. The van der Waals surface area contributed by atoms with Crippen LogP contribution in [-0.4, -0.2) is 11.1 Å². The van der Waals surface area contributed by atoms with Gasteiger partial charge in [0.1, 0.15) is 0 Å². The topological polar surface area (TPSA) is 37.3 Å². The van der Waals surface area contributed by atoms with Crippen molar-refractivity contribution in [3.05, 3.63) is 59.2 Å². The van der Waals surface area contributed by atoms with E-state index < -0.39 is 17.6 Å². The molecule has 0 radical (unpaired) electrons. The Morgan fingerprint density at radius 1 is 1.06 bits per heavy atom. The highest BCUT2D eigenvalue weighted by molar-refractivity contribution is 5.89. The Bertz CT molecular complexity index is 621. The van der Waals surface area contributed by atoms with Gasteiger partial charge < -0.3 is 5.11 Å². The van der Waals surface area contributed by atoms with Gasteiger partial charge in [0, 0.05) is 0 Å². The molecule has 0 aromatic heterocycles. The molecular weight excluding hydrogens is 238 g/mol. The molecule has 2 nitrogen and oxygen atoms in total. The monoisotopic (exact) mass is 248 g/mol. The number of rotatable bonds is 2. The Hall–Kier alpha value is -2.23. The van der Waals surface area contributed by atoms with Crippen LogP contribution in [0.4, 0.5) is 8.78 Å². The molecule has 92 valence electrons. The Balaban J connectivity index is 2.51. The van der Waals surface area contributed by atoms with Crippen molar-refractivity contribution in [2.75, 3.05) is 0 Å². The van der Waals surface area contributed by atoms with Gasteiger partial charge in [0.05, 0.1) is 5.56 Å². The summed E-state index contributed by atoms with van der Waals surface area (Å²) in [5.41, 5.74) is 2.06. The maximum atomic E-state index is 13.1. The highest BCUT2D eigenvalue weighted by atomic mass is 19.2. The van der Waals surface area contributed by atoms with E-state index in [9.17, 15) is 13.6 Å². The van der Waals surface area contributed by atoms with Crippen molar-refractivity contribution in [3.8, 4) is 11.1 Å². The maximum absolute atomic E-state index is 13.1. The highest BCUT2D eigenvalue weighted by Crippen LogP contribution is 2.25. The lowest BCUT2D eigenvalue weighted by molar-refractivity contribution is 0.0697. The molecule has 0 aliphatic carbocycles. The van der Waals surface area contributed by atoms with Crippen molar-refractivity contribution < 1.29 is 18.7 Å². The maximum Gasteiger partial charge on any atom is 0.335 e. The van der Waals surface area contributed by atoms with E-state index in [0.717, 1.165) is 12.1 Å². The minimum absolute atomic E-state index is 0.166. The molecule has 2 aromatic rings. The second kappa shape index (κ2) is 4.56. The van der Waals surface area contributed by atoms with E-state index in [1.54, 1.807) is 13.0 Å². The fourth-order valence-corrected chi connectivity index (χ4v) is 1.78. The molecule has 0 amide bonds. The first-order valence-electron chi connectivity index (χ1n) is 5.28. The summed E-state index contributed by atoms with van der Waals surface area (Å²) in [5, 5.41) is 8.84. The molecule has 2 aromatic carbocycles. The third kappa shape index (κ3) is 2.22. The quantitative estimate of drug-likeness (QED) is 0.880. The lowest BCUT2D eigenvalue weighted by atomic mass is 9.98. The number of aryl methyl sites for hydroxylation is 1. The number of carboxylic acid groups (broad SMARTS) is 1. The zero-order chi connectivity index (χ0) is 13.3. The molecule has 0 spiro atoms. The Kier molecular flexibility index (Phi) is 3.10. The lowest BCUT2D eigenvalue weighted by Crippen LogP contribution is -1.97. The molecule has 0 unspecified atom stereocenters. The first-order chi connectivity index (χ1) is 8.49. The number of hydrogen-bond donors (Lipinski definition) is 1. The van der Waals surface area contributed by atoms with Crippen LogP contribution in [0.15, 0.2) is 36.4 Å². The zero-order valence-corrected chi connectivity index (χ0v) is 9.58. The minimum Gasteiger partial charge on any atom is -0.478 e. The summed E-state index contributed by atoms with van der Waals surface area (Å²) in [6.45, 7) is 1.73. The van der Waals surface area contributed by atoms with Crippen LogP contribution < -0.4 is 0 Å². The third-order valence-electron chi connectivity index (χ3n) is 2.70. The molecule has 0 fully saturated rings. The number of carboxylic acids is 1. The molecule has 0 heterocycles. The average molecular weight is 248 g/mol. The van der Waals surface area contributed by atoms with Crippen molar-refractivity contribution in [1.82, 2.24) is 0 Å². The molecular formula is C14H10F2O2. The molecule has 0 bridgehead atoms. The van der Waals surface area contributed by atoms with Gasteiger partial charge in [-0.25, -0.2) is 13.6 Å². The van der Waals surface area contributed by atoms with Crippen LogP contribution >= 0.6 is 0 Å². The second-order valence-electron chi connectivity index (χ2n) is 3.96. The number of carbonyl (C=O) groups is 1. The first-order valence-corrected chi connectivity index (χ1v) is 5.28. The summed E-state index contributed by atoms with van der Waals surface area (Å²) in [6.07, 6.45) is 0. The van der Waals surface area contributed by atoms with Crippen molar-refractivity contribution in [2.45, 2.75) is 6.92 Å². The lowest BCUT2D eigenvalue weighted by Gasteiger charge is -2.07. The van der Waals surface area contributed by atoms with Crippen molar-refractivity contribution >= 4 is 5.97 Å². The van der Waals surface area contributed by atoms with E-state index in [1.807, 2.05) is 0 Å². The van der Waals surface area contributed by atoms with Gasteiger partial charge in [-0.2, -0.15) is 0 Å². The molecule has 0 aliphatic rings. The predicted octanol–water partition coefficient (Wildman–Crippen LogP) is 3.64. The number of hydrogen-bond acceptors (Lipinski definition) is 1. The molecule has 1 N–H and O–H groups in total. The van der Waals surface area contributed by atoms with Gasteiger partial charge >= 0.3 is 5.97 Å². The molecule has 2 rings (SSSR count). The van der Waals surface area contributed by atoms with Crippen LogP contribution in [0.5, 0.6) is 0 Å². The van der Waals surface area contributed by atoms with E-state index in [-0.39, 0.29) is 5.56 Å². The SMILES string of the molecule is Cc1cc(C(=O)O)ccc1-c1ccc(F)c(F)c1. The minimum atomic E-state index is -1.02. The van der Waals surface area contributed by atoms with Gasteiger partial charge in [0.25, 0.3) is 0 Å². The normalized spacial score (nSPS) is 10.4. The number of halogens is 2. The van der Waals surface area contributed by atoms with Crippen molar-refractivity contribution in [1.29, 1.82) is 0 Å². The van der Waals surface area contributed by atoms with Crippen LogP contribution in [0, 0.1) is 18.6 Å². The molecule has 0 atom stereocenters. The van der Waals surface area contributed by atoms with Crippen molar-refractivity contribution in [2.24, 2.45) is 0 Å². The Labute approximate surface area is 103 Å². The summed E-state index contributed by atoms with van der Waals surface area (Å²) in [6, 6.07) is 8.13. The molecule has 0 saturated heterocycles. The van der Waals surface area contributed by atoms with E-state index >= 15 is 0 Å². The molecule has 0 aliphatic heterocycles. The molecule has 18 heavy (non-hydrogen) atoms. The fourth-order valence-electron chi connectivity index (χ4n) is 1.78. The van der Waals surface area contributed by atoms with Gasteiger partial charge in [-0.15, -0.1) is 0 Å². The smallest absolute Gasteiger partial charge is 0.335 e. The number of benzene rings is 2. The standard InChI is InChI=1S/C14H10F2O2/c1-8-6-10(14(17)18)2-4-11(8)9-3-5-12(15)13(16)7-9/h2-7H,1H3,(H,17,18).